The number of esters is 2. The summed E-state index contributed by atoms with van der Waals surface area (Å²) < 4.78 is 10.1. The summed E-state index contributed by atoms with van der Waals surface area (Å²) >= 11 is 9.64. The van der Waals surface area contributed by atoms with Crippen molar-refractivity contribution in [3.63, 3.8) is 0 Å². The molecule has 4 aliphatic rings. The van der Waals surface area contributed by atoms with Gasteiger partial charge >= 0.3 is 11.9 Å². The number of ether oxygens (including phenoxy) is 2. The molecule has 0 aliphatic carbocycles. The lowest BCUT2D eigenvalue weighted by molar-refractivity contribution is -0.157. The van der Waals surface area contributed by atoms with Gasteiger partial charge in [0.25, 0.3) is 0 Å². The highest BCUT2D eigenvalue weighted by Gasteiger charge is 2.45. The van der Waals surface area contributed by atoms with Crippen LogP contribution in [0.1, 0.15) is 81.8 Å². The summed E-state index contributed by atoms with van der Waals surface area (Å²) in [6, 6.07) is 11.7. The molecule has 0 radical (unpaired) electrons. The molecule has 8 atom stereocenters. The van der Waals surface area contributed by atoms with E-state index in [9.17, 15) is 33.9 Å². The van der Waals surface area contributed by atoms with Gasteiger partial charge in [0.2, 0.25) is 17.7 Å². The van der Waals surface area contributed by atoms with Crippen LogP contribution in [0.4, 0.5) is 0 Å². The molecule has 2 aromatic rings. The smallest absolute Gasteiger partial charge is 0.328 e. The fraction of sp³-hybridized carbons (Fsp3) is 0.581. The van der Waals surface area contributed by atoms with Gasteiger partial charge in [-0.1, -0.05) is 35.9 Å². The van der Waals surface area contributed by atoms with E-state index in [1.807, 2.05) is 18.2 Å². The Bertz CT molecular complexity index is 1820. The number of nitrogens with one attached hydrogen (secondary N) is 1. The van der Waals surface area contributed by atoms with E-state index in [4.69, 9.17) is 21.1 Å². The van der Waals surface area contributed by atoms with Crippen molar-refractivity contribution in [3.05, 3.63) is 64.7 Å². The monoisotopic (exact) mass is 855 g/mol. The Hall–Kier alpha value is -3.75. The summed E-state index contributed by atoms with van der Waals surface area (Å²) in [7, 11) is 2.65. The molecular weight excluding hydrogens is 802 g/mol. The third-order valence-corrected chi connectivity index (χ3v) is 14.9. The minimum absolute atomic E-state index is 0.00314. The van der Waals surface area contributed by atoms with Crippen molar-refractivity contribution in [2.75, 3.05) is 25.7 Å². The van der Waals surface area contributed by atoms with Gasteiger partial charge in [0.05, 0.1) is 25.0 Å². The maximum Gasteiger partial charge on any atom is 0.328 e. The largest absolute Gasteiger partial charge is 0.508 e. The lowest BCUT2D eigenvalue weighted by atomic mass is 9.82. The zero-order valence-corrected chi connectivity index (χ0v) is 35.5. The van der Waals surface area contributed by atoms with Crippen molar-refractivity contribution in [2.45, 2.75) is 112 Å². The molecule has 2 aromatic carbocycles. The number of hydrogen-bond donors (Lipinski definition) is 2. The highest BCUT2D eigenvalue weighted by atomic mass is 35.5. The van der Waals surface area contributed by atoms with Crippen LogP contribution in [0.2, 0.25) is 5.02 Å². The number of nitrogens with zero attached hydrogens (tertiary/aromatic N) is 2. The minimum atomic E-state index is -0.840. The standard InChI is InChI=1S/C43H54ClN3O9S2/c1-55-42(53)34-8-4-10-37-46(34)40(51)30(18-20-57-37)25-36(49)28(23-27-6-3-7-31(44)24-27)14-15-29(22-26-12-16-32(48)17-13-26)39(50)45-33-19-21-58-38-11-5-9-35(43(54)56-2)47(38)41(33)52/h3,6-7,12-13,16-17,24,28-30,33-35,37-38,48H,4-5,8-11,14-15,18-23,25H2,1-2H3,(H,45,50)/t28-,29-,30-,33+,34+,35+,37+,38+/m1/s1. The van der Waals surface area contributed by atoms with Gasteiger partial charge in [-0.15, -0.1) is 23.5 Å². The zero-order chi connectivity index (χ0) is 41.3. The number of aromatic hydroxyl groups is 1. The molecule has 314 valence electrons. The molecule has 0 bridgehead atoms. The second kappa shape index (κ2) is 20.5. The molecule has 12 nitrogen and oxygen atoms in total. The number of phenols is 1. The Morgan fingerprint density at radius 3 is 1.98 bits per heavy atom. The van der Waals surface area contributed by atoms with Gasteiger partial charge in [0, 0.05) is 29.2 Å². The van der Waals surface area contributed by atoms with E-state index >= 15 is 0 Å². The van der Waals surface area contributed by atoms with Crippen LogP contribution in [0.25, 0.3) is 0 Å². The number of halogens is 1. The Balaban J connectivity index is 1.22. The minimum Gasteiger partial charge on any atom is -0.508 e. The van der Waals surface area contributed by atoms with E-state index in [1.165, 1.54) is 14.2 Å². The third-order valence-electron chi connectivity index (χ3n) is 12.0. The molecule has 4 aliphatic heterocycles. The molecule has 3 amide bonds. The number of Topliss-reactive ketones (excluding diaryl/α,β-unsaturated/α-hetero) is 1. The van der Waals surface area contributed by atoms with Crippen LogP contribution in [0.15, 0.2) is 48.5 Å². The van der Waals surface area contributed by atoms with Gasteiger partial charge < -0.3 is 29.7 Å². The number of piperidine rings is 2. The van der Waals surface area contributed by atoms with Crippen LogP contribution in [0.3, 0.4) is 0 Å². The highest BCUT2D eigenvalue weighted by Crippen LogP contribution is 2.38. The second-order valence-corrected chi connectivity index (χ2v) is 18.8. The molecule has 0 unspecified atom stereocenters. The van der Waals surface area contributed by atoms with E-state index in [2.05, 4.69) is 5.32 Å². The van der Waals surface area contributed by atoms with Gasteiger partial charge in [-0.05, 0) is 124 Å². The van der Waals surface area contributed by atoms with Crippen LogP contribution in [-0.2, 0) is 51.1 Å². The van der Waals surface area contributed by atoms with E-state index in [1.54, 1.807) is 63.7 Å². The number of ketones is 1. The quantitative estimate of drug-likeness (QED) is 0.217. The molecule has 4 saturated heterocycles. The predicted molar refractivity (Wildman–Crippen MR) is 223 cm³/mol. The number of amides is 3. The summed E-state index contributed by atoms with van der Waals surface area (Å²) in [6.07, 6.45) is 6.33. The molecule has 4 heterocycles. The summed E-state index contributed by atoms with van der Waals surface area (Å²) in [4.78, 5) is 86.0. The lowest BCUT2D eigenvalue weighted by Gasteiger charge is -2.40. The highest BCUT2D eigenvalue weighted by molar-refractivity contribution is 8.00. The first-order chi connectivity index (χ1) is 28.0. The van der Waals surface area contributed by atoms with E-state index in [0.717, 1.165) is 36.8 Å². The molecular formula is C43H54ClN3O9S2. The average molecular weight is 857 g/mol. The van der Waals surface area contributed by atoms with Gasteiger partial charge in [0.15, 0.2) is 0 Å². The van der Waals surface area contributed by atoms with Crippen LogP contribution in [0.5, 0.6) is 5.75 Å². The number of carbonyl (C=O) groups excluding carboxylic acids is 6. The Morgan fingerprint density at radius 1 is 0.776 bits per heavy atom. The van der Waals surface area contributed by atoms with Gasteiger partial charge in [-0.2, -0.15) is 0 Å². The maximum atomic E-state index is 14.5. The van der Waals surface area contributed by atoms with Crippen LogP contribution in [0, 0.1) is 17.8 Å². The van der Waals surface area contributed by atoms with E-state index < -0.39 is 47.8 Å². The maximum absolute atomic E-state index is 14.5. The van der Waals surface area contributed by atoms with Crippen LogP contribution >= 0.6 is 35.1 Å². The fourth-order valence-corrected chi connectivity index (χ4v) is 11.9. The number of methoxy groups -OCH3 is 2. The van der Waals surface area contributed by atoms with Crippen molar-refractivity contribution in [1.82, 2.24) is 15.1 Å². The second-order valence-electron chi connectivity index (χ2n) is 15.8. The number of hydrogen-bond acceptors (Lipinski definition) is 11. The van der Waals surface area contributed by atoms with E-state index in [-0.39, 0.29) is 46.4 Å². The van der Waals surface area contributed by atoms with Crippen molar-refractivity contribution < 1.29 is 43.3 Å². The first kappa shape index (κ1) is 43.8. The van der Waals surface area contributed by atoms with Crippen molar-refractivity contribution in [1.29, 1.82) is 0 Å². The first-order valence-electron chi connectivity index (χ1n) is 20.4. The van der Waals surface area contributed by atoms with Crippen LogP contribution in [-0.4, -0.2) is 105 Å². The third kappa shape index (κ3) is 10.7. The number of benzene rings is 2. The fourth-order valence-electron chi connectivity index (χ4n) is 8.88. The van der Waals surface area contributed by atoms with Crippen LogP contribution < -0.4 is 5.32 Å². The number of phenolic OH excluding ortho intramolecular Hbond substituents is 1. The molecule has 0 aromatic heterocycles. The summed E-state index contributed by atoms with van der Waals surface area (Å²) in [5.41, 5.74) is 1.66. The van der Waals surface area contributed by atoms with Crippen molar-refractivity contribution in [3.8, 4) is 5.75 Å². The Kier molecular flexibility index (Phi) is 15.5. The summed E-state index contributed by atoms with van der Waals surface area (Å²) in [6.45, 7) is 0. The van der Waals surface area contributed by atoms with Crippen molar-refractivity contribution >= 4 is 70.6 Å². The normalized spacial score (nSPS) is 25.9. The lowest BCUT2D eigenvalue weighted by Crippen LogP contribution is -2.57. The van der Waals surface area contributed by atoms with Gasteiger partial charge in [-0.3, -0.25) is 19.2 Å². The molecule has 0 spiro atoms. The molecule has 58 heavy (non-hydrogen) atoms. The molecule has 4 fully saturated rings. The van der Waals surface area contributed by atoms with Crippen molar-refractivity contribution in [2.24, 2.45) is 17.8 Å². The summed E-state index contributed by atoms with van der Waals surface area (Å²) in [5, 5.41) is 13.2. The van der Waals surface area contributed by atoms with E-state index in [0.29, 0.717) is 67.9 Å². The first-order valence-corrected chi connectivity index (χ1v) is 22.8. The Morgan fingerprint density at radius 2 is 1.36 bits per heavy atom. The molecule has 15 heteroatoms. The topological polar surface area (TPSA) is 160 Å². The number of carbonyl (C=O) groups is 6. The zero-order valence-electron chi connectivity index (χ0n) is 33.1. The average Bonchev–Trinajstić information content (AvgIpc) is 3.48. The number of thioether (sulfide) groups is 2. The van der Waals surface area contributed by atoms with Gasteiger partial charge in [0.1, 0.15) is 29.7 Å². The number of rotatable bonds is 14. The molecule has 2 N–H and O–H groups in total. The molecule has 6 rings (SSSR count). The Labute approximate surface area is 353 Å². The SMILES string of the molecule is COC(=O)[C@@H]1CCC[C@@H]2SCC[C@H](CC(=O)[C@H](CC[C@H](Cc3ccc(O)cc3)C(=O)N[C@H]3CCS[C@H]4CCC[C@@H](C(=O)OC)N4C3=O)Cc3cccc(Cl)c3)C(=O)N21. The summed E-state index contributed by atoms with van der Waals surface area (Å²) in [5.74, 6) is -2.23. The molecule has 0 saturated carbocycles. The number of fused-ring (bicyclic) bond motifs is 2. The van der Waals surface area contributed by atoms with Gasteiger partial charge in [-0.25, -0.2) is 9.59 Å². The predicted octanol–water partition coefficient (Wildman–Crippen LogP) is 5.94.